The molecule has 2 aromatic carbocycles. The molecule has 5 heteroatoms. The molecule has 0 saturated heterocycles. The lowest BCUT2D eigenvalue weighted by atomic mass is 9.93. The summed E-state index contributed by atoms with van der Waals surface area (Å²) in [6, 6.07) is 15.9. The number of amides is 1. The van der Waals surface area contributed by atoms with Crippen LogP contribution in [0, 0.1) is 12.8 Å². The van der Waals surface area contributed by atoms with E-state index < -0.39 is 0 Å². The van der Waals surface area contributed by atoms with Crippen LogP contribution in [0.5, 0.6) is 5.75 Å². The lowest BCUT2D eigenvalue weighted by Crippen LogP contribution is -2.33. The third-order valence-corrected chi connectivity index (χ3v) is 6.02. The molecule has 4 rings (SSSR count). The van der Waals surface area contributed by atoms with Crippen LogP contribution in [0.25, 0.3) is 11.3 Å². The summed E-state index contributed by atoms with van der Waals surface area (Å²) in [6.07, 6.45) is 6.81. The van der Waals surface area contributed by atoms with Crippen molar-refractivity contribution in [1.82, 2.24) is 4.98 Å². The van der Waals surface area contributed by atoms with E-state index in [0.29, 0.717) is 10.9 Å². The van der Waals surface area contributed by atoms with Crippen LogP contribution < -0.4 is 9.64 Å². The summed E-state index contributed by atoms with van der Waals surface area (Å²) in [5, 5.41) is 2.68. The number of ether oxygens (including phenoxy) is 1. The molecule has 0 radical (unpaired) electrons. The van der Waals surface area contributed by atoms with Gasteiger partial charge in [0, 0.05) is 16.9 Å². The minimum atomic E-state index is -0.0448. The maximum absolute atomic E-state index is 13.6. The van der Waals surface area contributed by atoms with Crippen molar-refractivity contribution in [3.63, 3.8) is 0 Å². The number of benzene rings is 2. The number of aromatic nitrogens is 1. The number of aryl methyl sites for hydroxylation is 1. The standard InChI is InChI=1S/C24H24N2O2S/c1-17-12-14-18(15-13-17)20-16-29-24(25-20)26(21-10-6-7-11-22(21)28-2)23(27)19-8-4-3-5-9-19/h3-4,6-7,10-16,19H,5,8-9H2,1-2H3. The second-order valence-corrected chi connectivity index (χ2v) is 8.04. The maximum Gasteiger partial charge on any atom is 0.236 e. The summed E-state index contributed by atoms with van der Waals surface area (Å²) in [5.74, 6) is 0.694. The molecule has 0 fully saturated rings. The van der Waals surface area contributed by atoms with Gasteiger partial charge in [-0.15, -0.1) is 11.3 Å². The number of carbonyl (C=O) groups excluding carboxylic acids is 1. The highest BCUT2D eigenvalue weighted by Crippen LogP contribution is 2.39. The molecule has 1 aliphatic rings. The summed E-state index contributed by atoms with van der Waals surface area (Å²) in [4.78, 5) is 20.1. The third kappa shape index (κ3) is 4.10. The number of thiazole rings is 1. The van der Waals surface area contributed by atoms with Crippen molar-refractivity contribution in [2.45, 2.75) is 26.2 Å². The van der Waals surface area contributed by atoms with Crippen molar-refractivity contribution < 1.29 is 9.53 Å². The van der Waals surface area contributed by atoms with Gasteiger partial charge in [-0.1, -0.05) is 54.1 Å². The van der Waals surface area contributed by atoms with Crippen LogP contribution >= 0.6 is 11.3 Å². The monoisotopic (exact) mass is 404 g/mol. The number of rotatable bonds is 5. The Bertz CT molecular complexity index is 1020. The van der Waals surface area contributed by atoms with Crippen molar-refractivity contribution in [2.24, 2.45) is 5.92 Å². The van der Waals surface area contributed by atoms with Crippen molar-refractivity contribution in [3.05, 3.63) is 71.6 Å². The van der Waals surface area contributed by atoms with E-state index >= 15 is 0 Å². The van der Waals surface area contributed by atoms with Gasteiger partial charge in [0.2, 0.25) is 5.91 Å². The van der Waals surface area contributed by atoms with Gasteiger partial charge < -0.3 is 4.74 Å². The van der Waals surface area contributed by atoms with Gasteiger partial charge in [0.1, 0.15) is 5.75 Å². The number of anilines is 2. The van der Waals surface area contributed by atoms with Gasteiger partial charge in [-0.05, 0) is 38.3 Å². The predicted octanol–water partition coefficient (Wildman–Crippen LogP) is 6.15. The van der Waals surface area contributed by atoms with Crippen molar-refractivity contribution in [3.8, 4) is 17.0 Å². The first kappa shape index (κ1) is 19.4. The first-order valence-electron chi connectivity index (χ1n) is 9.82. The lowest BCUT2D eigenvalue weighted by molar-refractivity contribution is -0.121. The van der Waals surface area contributed by atoms with E-state index in [1.54, 1.807) is 12.0 Å². The molecule has 1 aromatic heterocycles. The number of allylic oxidation sites excluding steroid dienone is 2. The van der Waals surface area contributed by atoms with E-state index in [1.165, 1.54) is 16.9 Å². The molecule has 1 unspecified atom stereocenters. The zero-order valence-corrected chi connectivity index (χ0v) is 17.5. The Morgan fingerprint density at radius 3 is 2.66 bits per heavy atom. The van der Waals surface area contributed by atoms with E-state index in [0.717, 1.165) is 36.2 Å². The maximum atomic E-state index is 13.6. The Hall–Kier alpha value is -2.92. The Morgan fingerprint density at radius 2 is 1.93 bits per heavy atom. The topological polar surface area (TPSA) is 42.4 Å². The van der Waals surface area contributed by atoms with Gasteiger partial charge >= 0.3 is 0 Å². The predicted molar refractivity (Wildman–Crippen MR) is 119 cm³/mol. The molecule has 3 aromatic rings. The lowest BCUT2D eigenvalue weighted by Gasteiger charge is -2.27. The Morgan fingerprint density at radius 1 is 1.14 bits per heavy atom. The second kappa shape index (κ2) is 8.62. The molecule has 0 N–H and O–H groups in total. The number of hydrogen-bond donors (Lipinski definition) is 0. The fraction of sp³-hybridized carbons (Fsp3) is 0.250. The van der Waals surface area contributed by atoms with Crippen LogP contribution in [0.4, 0.5) is 10.8 Å². The fourth-order valence-electron chi connectivity index (χ4n) is 3.55. The van der Waals surface area contributed by atoms with E-state index in [9.17, 15) is 4.79 Å². The highest BCUT2D eigenvalue weighted by Gasteiger charge is 2.30. The zero-order chi connectivity index (χ0) is 20.2. The van der Waals surface area contributed by atoms with Gasteiger partial charge in [-0.3, -0.25) is 9.69 Å². The van der Waals surface area contributed by atoms with E-state index in [4.69, 9.17) is 9.72 Å². The highest BCUT2D eigenvalue weighted by molar-refractivity contribution is 7.14. The zero-order valence-electron chi connectivity index (χ0n) is 16.7. The van der Waals surface area contributed by atoms with Crippen LogP contribution in [-0.2, 0) is 4.79 Å². The molecule has 1 aliphatic carbocycles. The van der Waals surface area contributed by atoms with E-state index in [1.807, 2.05) is 29.6 Å². The average Bonchev–Trinajstić information content (AvgIpc) is 3.25. The van der Waals surface area contributed by atoms with Crippen molar-refractivity contribution in [2.75, 3.05) is 12.0 Å². The minimum Gasteiger partial charge on any atom is -0.495 e. The number of nitrogens with zero attached hydrogens (tertiary/aromatic N) is 2. The Kier molecular flexibility index (Phi) is 5.76. The first-order chi connectivity index (χ1) is 14.2. The second-order valence-electron chi connectivity index (χ2n) is 7.21. The van der Waals surface area contributed by atoms with Crippen LogP contribution in [0.15, 0.2) is 66.1 Å². The first-order valence-corrected chi connectivity index (χ1v) is 10.7. The van der Waals surface area contributed by atoms with Gasteiger partial charge in [0.25, 0.3) is 0 Å². The Labute approximate surface area is 175 Å². The number of para-hydroxylation sites is 2. The molecule has 0 aliphatic heterocycles. The number of carbonyl (C=O) groups is 1. The summed E-state index contributed by atoms with van der Waals surface area (Å²) in [7, 11) is 1.63. The summed E-state index contributed by atoms with van der Waals surface area (Å²) >= 11 is 1.48. The molecule has 0 saturated carbocycles. The van der Waals surface area contributed by atoms with Gasteiger partial charge in [0.05, 0.1) is 18.5 Å². The molecule has 0 spiro atoms. The summed E-state index contributed by atoms with van der Waals surface area (Å²) in [6.45, 7) is 2.07. The van der Waals surface area contributed by atoms with Crippen molar-refractivity contribution >= 4 is 28.1 Å². The van der Waals surface area contributed by atoms with Crippen LogP contribution in [0.2, 0.25) is 0 Å². The smallest absolute Gasteiger partial charge is 0.236 e. The van der Waals surface area contributed by atoms with Gasteiger partial charge in [0.15, 0.2) is 5.13 Å². The molecule has 0 bridgehead atoms. The number of methoxy groups -OCH3 is 1. The molecule has 4 nitrogen and oxygen atoms in total. The average molecular weight is 405 g/mol. The SMILES string of the molecule is COc1ccccc1N(C(=O)C1CC=CCC1)c1nc(-c2ccc(C)cc2)cs1. The fourth-order valence-corrected chi connectivity index (χ4v) is 4.41. The summed E-state index contributed by atoms with van der Waals surface area (Å²) < 4.78 is 5.56. The van der Waals surface area contributed by atoms with Crippen molar-refractivity contribution in [1.29, 1.82) is 0 Å². The molecule has 1 heterocycles. The van der Waals surface area contributed by atoms with Crippen LogP contribution in [0.1, 0.15) is 24.8 Å². The highest BCUT2D eigenvalue weighted by atomic mass is 32.1. The normalized spacial score (nSPS) is 15.9. The van der Waals surface area contributed by atoms with Crippen LogP contribution in [0.3, 0.4) is 0 Å². The molecular formula is C24H24N2O2S. The van der Waals surface area contributed by atoms with Gasteiger partial charge in [-0.2, -0.15) is 0 Å². The minimum absolute atomic E-state index is 0.0448. The molecule has 1 amide bonds. The van der Waals surface area contributed by atoms with E-state index in [2.05, 4.69) is 43.3 Å². The molecule has 29 heavy (non-hydrogen) atoms. The third-order valence-electron chi connectivity index (χ3n) is 5.20. The molecule has 148 valence electrons. The molecular weight excluding hydrogens is 380 g/mol. The quantitative estimate of drug-likeness (QED) is 0.479. The van der Waals surface area contributed by atoms with Crippen LogP contribution in [-0.4, -0.2) is 18.0 Å². The Balaban J connectivity index is 1.75. The molecule has 1 atom stereocenters. The van der Waals surface area contributed by atoms with E-state index in [-0.39, 0.29) is 11.8 Å². The largest absolute Gasteiger partial charge is 0.495 e. The summed E-state index contributed by atoms with van der Waals surface area (Å²) in [5.41, 5.74) is 3.87. The number of hydrogen-bond acceptors (Lipinski definition) is 4. The van der Waals surface area contributed by atoms with Gasteiger partial charge in [-0.25, -0.2) is 4.98 Å².